The second kappa shape index (κ2) is 9.26. The maximum Gasteiger partial charge on any atom is 0.320 e. The van der Waals surface area contributed by atoms with Crippen molar-refractivity contribution in [1.82, 2.24) is 9.97 Å². The average molecular weight is 595 g/mol. The number of aromatic amines is 1. The maximum absolute atomic E-state index is 13.1. The maximum atomic E-state index is 13.1. The molecule has 2 heterocycles. The summed E-state index contributed by atoms with van der Waals surface area (Å²) in [7, 11) is -3.76. The molecule has 170 valence electrons. The van der Waals surface area contributed by atoms with Crippen LogP contribution >= 0.6 is 31.9 Å². The van der Waals surface area contributed by atoms with Crippen LogP contribution in [0.3, 0.4) is 0 Å². The molecule has 0 saturated heterocycles. The largest absolute Gasteiger partial charge is 0.480 e. The van der Waals surface area contributed by atoms with E-state index in [2.05, 4.69) is 41.8 Å². The third-order valence-electron chi connectivity index (χ3n) is 4.92. The van der Waals surface area contributed by atoms with Gasteiger partial charge in [0.25, 0.3) is 0 Å². The first-order valence-electron chi connectivity index (χ1n) is 9.57. The average Bonchev–Trinajstić information content (AvgIpc) is 3.21. The number of benzene rings is 2. The Balaban J connectivity index is 1.68. The van der Waals surface area contributed by atoms with Crippen molar-refractivity contribution in [1.29, 1.82) is 0 Å². The molecule has 0 unspecified atom stereocenters. The number of hydrogen-bond acceptors (Lipinski definition) is 6. The summed E-state index contributed by atoms with van der Waals surface area (Å²) in [5, 5.41) is 9.52. The van der Waals surface area contributed by atoms with Gasteiger partial charge >= 0.3 is 5.97 Å². The lowest BCUT2D eigenvalue weighted by molar-refractivity contribution is -0.138. The van der Waals surface area contributed by atoms with Gasteiger partial charge in [0.2, 0.25) is 9.84 Å². The Labute approximate surface area is 206 Å². The molecule has 0 aliphatic carbocycles. The van der Waals surface area contributed by atoms with Crippen molar-refractivity contribution < 1.29 is 23.1 Å². The van der Waals surface area contributed by atoms with E-state index in [0.717, 1.165) is 0 Å². The monoisotopic (exact) mass is 593 g/mol. The fraction of sp³-hybridized carbons (Fsp3) is 0.0909. The number of sulfone groups is 1. The van der Waals surface area contributed by atoms with Gasteiger partial charge in [-0.05, 0) is 86.3 Å². The van der Waals surface area contributed by atoms with Crippen LogP contribution in [0.1, 0.15) is 5.56 Å². The minimum absolute atomic E-state index is 0.130. The molecule has 0 saturated carbocycles. The zero-order valence-electron chi connectivity index (χ0n) is 16.8. The van der Waals surface area contributed by atoms with E-state index in [4.69, 9.17) is 15.6 Å². The quantitative estimate of drug-likeness (QED) is 0.283. The molecule has 0 aliphatic rings. The van der Waals surface area contributed by atoms with Crippen LogP contribution < -0.4 is 10.5 Å². The molecule has 0 amide bonds. The summed E-state index contributed by atoms with van der Waals surface area (Å²) >= 11 is 6.90. The van der Waals surface area contributed by atoms with Crippen molar-refractivity contribution >= 4 is 58.6 Å². The molecule has 0 aliphatic heterocycles. The highest BCUT2D eigenvalue weighted by Gasteiger charge is 2.22. The zero-order chi connectivity index (χ0) is 23.8. The van der Waals surface area contributed by atoms with Crippen molar-refractivity contribution in [3.63, 3.8) is 0 Å². The number of ether oxygens (including phenoxy) is 1. The summed E-state index contributed by atoms with van der Waals surface area (Å²) in [6.07, 6.45) is 4.46. The van der Waals surface area contributed by atoms with E-state index >= 15 is 0 Å². The molecule has 0 spiro atoms. The molecule has 4 N–H and O–H groups in total. The summed E-state index contributed by atoms with van der Waals surface area (Å²) in [4.78, 5) is 18.2. The number of carbonyl (C=O) groups is 1. The van der Waals surface area contributed by atoms with Crippen molar-refractivity contribution in [2.24, 2.45) is 5.73 Å². The number of halogens is 2. The number of nitrogens with zero attached hydrogens (tertiary/aromatic N) is 1. The number of carboxylic acids is 1. The molecule has 4 rings (SSSR count). The number of rotatable bonds is 7. The van der Waals surface area contributed by atoms with Gasteiger partial charge in [-0.15, -0.1) is 0 Å². The third-order valence-corrected chi connectivity index (χ3v) is 7.90. The van der Waals surface area contributed by atoms with Gasteiger partial charge in [-0.3, -0.25) is 9.78 Å². The molecule has 2 aromatic heterocycles. The summed E-state index contributed by atoms with van der Waals surface area (Å²) in [6, 6.07) is 10.4. The van der Waals surface area contributed by atoms with Crippen molar-refractivity contribution in [2.75, 3.05) is 0 Å². The zero-order valence-corrected chi connectivity index (χ0v) is 20.8. The number of H-pyrrole nitrogens is 1. The van der Waals surface area contributed by atoms with Crippen LogP contribution in [0, 0.1) is 0 Å². The molecule has 2 aromatic carbocycles. The van der Waals surface area contributed by atoms with Crippen molar-refractivity contribution in [3.05, 3.63) is 75.6 Å². The molecule has 8 nitrogen and oxygen atoms in total. The predicted octanol–water partition coefficient (Wildman–Crippen LogP) is 4.67. The number of hydrogen-bond donors (Lipinski definition) is 3. The highest BCUT2D eigenvalue weighted by molar-refractivity contribution is 9.11. The number of carboxylic acid groups (broad SMARTS) is 1. The van der Waals surface area contributed by atoms with Gasteiger partial charge in [0.05, 0.1) is 18.7 Å². The van der Waals surface area contributed by atoms with Gasteiger partial charge in [0.15, 0.2) is 5.75 Å². The first kappa shape index (κ1) is 23.4. The van der Waals surface area contributed by atoms with Gasteiger partial charge in [-0.1, -0.05) is 0 Å². The van der Waals surface area contributed by atoms with Gasteiger partial charge in [-0.25, -0.2) is 8.42 Å². The van der Waals surface area contributed by atoms with Crippen LogP contribution in [0.15, 0.2) is 79.8 Å². The molecule has 4 aromatic rings. The molecule has 33 heavy (non-hydrogen) atoms. The van der Waals surface area contributed by atoms with E-state index in [1.807, 2.05) is 0 Å². The van der Waals surface area contributed by atoms with Gasteiger partial charge in [0.1, 0.15) is 11.8 Å². The Bertz CT molecular complexity index is 1430. The van der Waals surface area contributed by atoms with Gasteiger partial charge in [-0.2, -0.15) is 0 Å². The predicted molar refractivity (Wildman–Crippen MR) is 129 cm³/mol. The fourth-order valence-electron chi connectivity index (χ4n) is 3.29. The highest BCUT2D eigenvalue weighted by Crippen LogP contribution is 2.39. The van der Waals surface area contributed by atoms with E-state index in [1.54, 1.807) is 30.3 Å². The number of pyridine rings is 1. The van der Waals surface area contributed by atoms with Crippen LogP contribution in [-0.2, 0) is 21.1 Å². The first-order valence-corrected chi connectivity index (χ1v) is 12.6. The third kappa shape index (κ3) is 4.81. The van der Waals surface area contributed by atoms with E-state index < -0.39 is 21.8 Å². The summed E-state index contributed by atoms with van der Waals surface area (Å²) in [5.74, 6) is -0.208. The number of fused-ring (bicyclic) bond motifs is 1. The Kier molecular flexibility index (Phi) is 6.57. The highest BCUT2D eigenvalue weighted by atomic mass is 79.9. The van der Waals surface area contributed by atoms with Crippen LogP contribution in [0.25, 0.3) is 10.9 Å². The fourth-order valence-corrected chi connectivity index (χ4v) is 6.14. The van der Waals surface area contributed by atoms with Crippen LogP contribution in [0.5, 0.6) is 11.5 Å². The SMILES string of the molecule is N[C@@H](Cc1cc(Br)c(Oc2ccc3[nH]cc(S(=O)(=O)c4ccncc4)c3c2)c(Br)c1)C(=O)O. The van der Waals surface area contributed by atoms with Crippen LogP contribution in [0.2, 0.25) is 0 Å². The van der Waals surface area contributed by atoms with E-state index in [-0.39, 0.29) is 16.2 Å². The van der Waals surface area contributed by atoms with Crippen molar-refractivity contribution in [2.45, 2.75) is 22.3 Å². The van der Waals surface area contributed by atoms with Crippen molar-refractivity contribution in [3.8, 4) is 11.5 Å². The Morgan fingerprint density at radius 1 is 1.12 bits per heavy atom. The van der Waals surface area contributed by atoms with Crippen LogP contribution in [0.4, 0.5) is 0 Å². The molecule has 0 radical (unpaired) electrons. The molecule has 0 fully saturated rings. The standard InChI is InChI=1S/C22H17Br2N3O5S/c23-16-7-12(9-18(25)22(28)29)8-17(24)21(16)32-13-1-2-19-15(10-13)20(11-27-19)33(30,31)14-3-5-26-6-4-14/h1-8,10-11,18,27H,9,25H2,(H,28,29)/t18-/m0/s1. The van der Waals surface area contributed by atoms with E-state index in [0.29, 0.717) is 36.9 Å². The van der Waals surface area contributed by atoms with E-state index in [9.17, 15) is 13.2 Å². The Morgan fingerprint density at radius 3 is 2.42 bits per heavy atom. The smallest absolute Gasteiger partial charge is 0.320 e. The number of nitrogens with one attached hydrogen (secondary N) is 1. The lowest BCUT2D eigenvalue weighted by atomic mass is 10.1. The molecule has 1 atom stereocenters. The van der Waals surface area contributed by atoms with Gasteiger partial charge in [0, 0.05) is 29.5 Å². The summed E-state index contributed by atoms with van der Waals surface area (Å²) < 4.78 is 33.4. The Morgan fingerprint density at radius 2 is 1.79 bits per heavy atom. The minimum atomic E-state index is -3.76. The van der Waals surface area contributed by atoms with Gasteiger partial charge < -0.3 is 20.6 Å². The second-order valence-electron chi connectivity index (χ2n) is 7.19. The summed E-state index contributed by atoms with van der Waals surface area (Å²) in [6.45, 7) is 0. The number of nitrogens with two attached hydrogens (primary N) is 1. The topological polar surface area (TPSA) is 135 Å². The first-order chi connectivity index (χ1) is 15.7. The number of aromatic nitrogens is 2. The molecule has 11 heteroatoms. The summed E-state index contributed by atoms with van der Waals surface area (Å²) in [5.41, 5.74) is 6.98. The van der Waals surface area contributed by atoms with Crippen LogP contribution in [-0.4, -0.2) is 35.5 Å². The molecule has 0 bridgehead atoms. The molecular formula is C22H17Br2N3O5S. The Hall–Kier alpha value is -2.73. The second-order valence-corrected chi connectivity index (χ2v) is 10.8. The van der Waals surface area contributed by atoms with E-state index in [1.165, 1.54) is 30.7 Å². The lowest BCUT2D eigenvalue weighted by Crippen LogP contribution is -2.32. The molecular weight excluding hydrogens is 578 g/mol. The number of aliphatic carboxylic acids is 1. The normalized spacial score (nSPS) is 12.6. The minimum Gasteiger partial charge on any atom is -0.480 e. The lowest BCUT2D eigenvalue weighted by Gasteiger charge is -2.13.